The molecule has 0 spiro atoms. The number of anilines is 1. The SMILES string of the molecule is C[C@H](NC(=O)c1cccc(CN2C(=O)[C@H]3CCCN3C(=O)c3ccccc32)c1)c1ccc(F)cc1. The first-order valence-corrected chi connectivity index (χ1v) is 11.8. The van der Waals surface area contributed by atoms with Crippen LogP contribution in [0, 0.1) is 5.82 Å². The highest BCUT2D eigenvalue weighted by Crippen LogP contribution is 2.33. The van der Waals surface area contributed by atoms with E-state index >= 15 is 0 Å². The molecule has 2 atom stereocenters. The normalized spacial score (nSPS) is 18.1. The summed E-state index contributed by atoms with van der Waals surface area (Å²) in [6.07, 6.45) is 1.46. The molecular formula is C28H26FN3O3. The summed E-state index contributed by atoms with van der Waals surface area (Å²) in [6.45, 7) is 2.67. The van der Waals surface area contributed by atoms with Gasteiger partial charge in [-0.25, -0.2) is 4.39 Å². The van der Waals surface area contributed by atoms with E-state index in [1.807, 2.05) is 25.1 Å². The van der Waals surface area contributed by atoms with Gasteiger partial charge in [-0.3, -0.25) is 14.4 Å². The Kier molecular flexibility index (Phi) is 6.07. The number of halogens is 1. The maximum absolute atomic E-state index is 13.5. The molecule has 3 aromatic rings. The summed E-state index contributed by atoms with van der Waals surface area (Å²) in [5.74, 6) is -0.794. The van der Waals surface area contributed by atoms with Crippen LogP contribution in [0.25, 0.3) is 0 Å². The van der Waals surface area contributed by atoms with Crippen LogP contribution in [-0.4, -0.2) is 35.2 Å². The molecule has 0 aromatic heterocycles. The number of rotatable bonds is 5. The number of para-hydroxylation sites is 1. The van der Waals surface area contributed by atoms with Crippen molar-refractivity contribution in [3.05, 3.63) is 101 Å². The van der Waals surface area contributed by atoms with Crippen LogP contribution < -0.4 is 10.2 Å². The van der Waals surface area contributed by atoms with Gasteiger partial charge in [0.15, 0.2) is 0 Å². The topological polar surface area (TPSA) is 69.7 Å². The molecule has 3 aromatic carbocycles. The van der Waals surface area contributed by atoms with Crippen LogP contribution >= 0.6 is 0 Å². The van der Waals surface area contributed by atoms with Crippen LogP contribution in [-0.2, 0) is 11.3 Å². The van der Waals surface area contributed by atoms with Crippen molar-refractivity contribution in [2.45, 2.75) is 38.4 Å². The Balaban J connectivity index is 1.39. The minimum atomic E-state index is -0.460. The monoisotopic (exact) mass is 471 g/mol. The molecule has 1 fully saturated rings. The number of nitrogens with one attached hydrogen (secondary N) is 1. The van der Waals surface area contributed by atoms with E-state index < -0.39 is 6.04 Å². The van der Waals surface area contributed by atoms with Crippen LogP contribution in [0.1, 0.15) is 57.7 Å². The molecule has 2 heterocycles. The second kappa shape index (κ2) is 9.33. The first-order valence-electron chi connectivity index (χ1n) is 11.8. The fraction of sp³-hybridized carbons (Fsp3) is 0.250. The number of hydrogen-bond donors (Lipinski definition) is 1. The summed E-state index contributed by atoms with van der Waals surface area (Å²) in [5.41, 5.74) is 3.16. The molecule has 1 N–H and O–H groups in total. The summed E-state index contributed by atoms with van der Waals surface area (Å²) < 4.78 is 13.2. The molecule has 1 saturated heterocycles. The van der Waals surface area contributed by atoms with E-state index in [2.05, 4.69) is 5.32 Å². The lowest BCUT2D eigenvalue weighted by atomic mass is 10.1. The number of amides is 3. The molecule has 6 nitrogen and oxygen atoms in total. The average molecular weight is 472 g/mol. The third kappa shape index (κ3) is 4.41. The van der Waals surface area contributed by atoms with E-state index in [1.165, 1.54) is 12.1 Å². The molecular weight excluding hydrogens is 445 g/mol. The van der Waals surface area contributed by atoms with Crippen LogP contribution in [0.5, 0.6) is 0 Å². The Bertz CT molecular complexity index is 1290. The lowest BCUT2D eigenvalue weighted by molar-refractivity contribution is -0.122. The predicted molar refractivity (Wildman–Crippen MR) is 130 cm³/mol. The lowest BCUT2D eigenvalue weighted by Crippen LogP contribution is -2.44. The lowest BCUT2D eigenvalue weighted by Gasteiger charge is -2.26. The second-order valence-corrected chi connectivity index (χ2v) is 9.05. The summed E-state index contributed by atoms with van der Waals surface area (Å²) >= 11 is 0. The van der Waals surface area contributed by atoms with E-state index in [-0.39, 0.29) is 36.1 Å². The Labute approximate surface area is 203 Å². The van der Waals surface area contributed by atoms with Crippen LogP contribution in [0.3, 0.4) is 0 Å². The van der Waals surface area contributed by atoms with Crippen LogP contribution in [0.15, 0.2) is 72.8 Å². The van der Waals surface area contributed by atoms with Crippen LogP contribution in [0.4, 0.5) is 10.1 Å². The van der Waals surface area contributed by atoms with Gasteiger partial charge in [-0.1, -0.05) is 36.4 Å². The summed E-state index contributed by atoms with van der Waals surface area (Å²) in [5, 5.41) is 2.94. The third-order valence-electron chi connectivity index (χ3n) is 6.74. The Morgan fingerprint density at radius 1 is 1.06 bits per heavy atom. The summed E-state index contributed by atoms with van der Waals surface area (Å²) in [7, 11) is 0. The zero-order valence-corrected chi connectivity index (χ0v) is 19.4. The van der Waals surface area contributed by atoms with E-state index in [0.717, 1.165) is 17.5 Å². The summed E-state index contributed by atoms with van der Waals surface area (Å²) in [6, 6.07) is 19.6. The first-order chi connectivity index (χ1) is 16.9. The van der Waals surface area contributed by atoms with Crippen molar-refractivity contribution in [3.8, 4) is 0 Å². The van der Waals surface area contributed by atoms with Crippen molar-refractivity contribution in [3.63, 3.8) is 0 Å². The third-order valence-corrected chi connectivity index (χ3v) is 6.74. The highest BCUT2D eigenvalue weighted by atomic mass is 19.1. The molecule has 0 saturated carbocycles. The zero-order valence-electron chi connectivity index (χ0n) is 19.4. The van der Waals surface area contributed by atoms with Gasteiger partial charge in [0.05, 0.1) is 23.8 Å². The molecule has 2 aliphatic heterocycles. The molecule has 0 bridgehead atoms. The quantitative estimate of drug-likeness (QED) is 0.597. The zero-order chi connectivity index (χ0) is 24.5. The van der Waals surface area contributed by atoms with E-state index in [4.69, 9.17) is 0 Å². The van der Waals surface area contributed by atoms with Gasteiger partial charge in [0.25, 0.3) is 11.8 Å². The Morgan fingerprint density at radius 2 is 1.83 bits per heavy atom. The number of hydrogen-bond acceptors (Lipinski definition) is 3. The molecule has 178 valence electrons. The number of carbonyl (C=O) groups is 3. The number of benzene rings is 3. The van der Waals surface area contributed by atoms with Gasteiger partial charge in [0.1, 0.15) is 11.9 Å². The first kappa shape index (κ1) is 22.8. The van der Waals surface area contributed by atoms with E-state index in [9.17, 15) is 18.8 Å². The van der Waals surface area contributed by atoms with E-state index in [1.54, 1.807) is 52.3 Å². The van der Waals surface area contributed by atoms with Gasteiger partial charge in [-0.2, -0.15) is 0 Å². The summed E-state index contributed by atoms with van der Waals surface area (Å²) in [4.78, 5) is 42.9. The van der Waals surface area contributed by atoms with Crippen molar-refractivity contribution in [2.75, 3.05) is 11.4 Å². The molecule has 7 heteroatoms. The highest BCUT2D eigenvalue weighted by Gasteiger charge is 2.41. The Hall–Kier alpha value is -4.00. The second-order valence-electron chi connectivity index (χ2n) is 9.05. The van der Waals surface area contributed by atoms with Crippen molar-refractivity contribution >= 4 is 23.4 Å². The highest BCUT2D eigenvalue weighted by molar-refractivity contribution is 6.11. The maximum atomic E-state index is 13.5. The van der Waals surface area contributed by atoms with Gasteiger partial charge in [0.2, 0.25) is 5.91 Å². The van der Waals surface area contributed by atoms with Crippen molar-refractivity contribution in [1.82, 2.24) is 10.2 Å². The van der Waals surface area contributed by atoms with Crippen LogP contribution in [0.2, 0.25) is 0 Å². The number of carbonyl (C=O) groups excluding carboxylic acids is 3. The van der Waals surface area contributed by atoms with Crippen molar-refractivity contribution in [2.24, 2.45) is 0 Å². The van der Waals surface area contributed by atoms with Gasteiger partial charge >= 0.3 is 0 Å². The van der Waals surface area contributed by atoms with Gasteiger partial charge in [0, 0.05) is 12.1 Å². The smallest absolute Gasteiger partial charge is 0.256 e. The minimum absolute atomic E-state index is 0.0967. The van der Waals surface area contributed by atoms with E-state index in [0.29, 0.717) is 29.8 Å². The molecule has 2 aliphatic rings. The molecule has 0 radical (unpaired) electrons. The number of nitrogens with zero attached hydrogens (tertiary/aromatic N) is 2. The van der Waals surface area contributed by atoms with Gasteiger partial charge < -0.3 is 15.1 Å². The largest absolute Gasteiger partial charge is 0.346 e. The van der Waals surface area contributed by atoms with Gasteiger partial charge in [-0.15, -0.1) is 0 Å². The molecule has 35 heavy (non-hydrogen) atoms. The molecule has 0 aliphatic carbocycles. The fourth-order valence-electron chi connectivity index (χ4n) is 4.88. The van der Waals surface area contributed by atoms with Crippen molar-refractivity contribution in [1.29, 1.82) is 0 Å². The van der Waals surface area contributed by atoms with Crippen molar-refractivity contribution < 1.29 is 18.8 Å². The standard InChI is InChI=1S/C28H26FN3O3/c1-18(20-11-13-22(29)14-12-20)30-26(33)21-7-4-6-19(16-21)17-32-24-9-3-2-8-23(24)27(34)31-15-5-10-25(31)28(32)35/h2-4,6-9,11-14,16,18,25H,5,10,15,17H2,1H3,(H,30,33)/t18-,25+/m0/s1. The average Bonchev–Trinajstić information content (AvgIpc) is 3.34. The Morgan fingerprint density at radius 3 is 2.63 bits per heavy atom. The molecule has 5 rings (SSSR count). The maximum Gasteiger partial charge on any atom is 0.256 e. The minimum Gasteiger partial charge on any atom is -0.346 e. The molecule has 0 unspecified atom stereocenters. The van der Waals surface area contributed by atoms with Gasteiger partial charge in [-0.05, 0) is 67.3 Å². The molecule has 3 amide bonds. The predicted octanol–water partition coefficient (Wildman–Crippen LogP) is 4.47. The number of fused-ring (bicyclic) bond motifs is 2. The fourth-order valence-corrected chi connectivity index (χ4v) is 4.88.